The number of aryl methyl sites for hydroxylation is 1. The molecule has 7 heteroatoms. The summed E-state index contributed by atoms with van der Waals surface area (Å²) in [6.07, 6.45) is 3.62. The largest absolute Gasteiger partial charge is 0.457 e. The standard InChI is InChI=1S/C29H29N5O2/c1-21-20-27(33-29(30-21)34-18-8-3-9-19-34)31-22-14-16-23(17-15-22)32-28(35)25-12-6-7-13-26(25)36-24-10-4-2-5-11-24/h2,4-7,10-17,20H,3,8-9,18-19H2,1H3,(H,32,35)(H,30,31,33). The van der Waals surface area contributed by atoms with Crippen molar-refractivity contribution in [3.63, 3.8) is 0 Å². The minimum Gasteiger partial charge on any atom is -0.457 e. The number of benzene rings is 3. The third-order valence-electron chi connectivity index (χ3n) is 6.00. The Morgan fingerprint density at radius 3 is 2.31 bits per heavy atom. The van der Waals surface area contributed by atoms with Crippen molar-refractivity contribution in [2.45, 2.75) is 26.2 Å². The number of para-hydroxylation sites is 2. The van der Waals surface area contributed by atoms with Crippen molar-refractivity contribution in [2.75, 3.05) is 28.6 Å². The van der Waals surface area contributed by atoms with Crippen LogP contribution in [-0.4, -0.2) is 29.0 Å². The zero-order valence-electron chi connectivity index (χ0n) is 20.3. The van der Waals surface area contributed by atoms with Gasteiger partial charge in [-0.2, -0.15) is 4.98 Å². The Morgan fingerprint density at radius 1 is 0.833 bits per heavy atom. The molecule has 5 rings (SSSR count). The number of rotatable bonds is 7. The monoisotopic (exact) mass is 479 g/mol. The van der Waals surface area contributed by atoms with Crippen molar-refractivity contribution in [3.05, 3.63) is 96.2 Å². The van der Waals surface area contributed by atoms with E-state index < -0.39 is 0 Å². The third-order valence-corrected chi connectivity index (χ3v) is 6.00. The Morgan fingerprint density at radius 2 is 1.53 bits per heavy atom. The van der Waals surface area contributed by atoms with Crippen LogP contribution < -0.4 is 20.3 Å². The van der Waals surface area contributed by atoms with Gasteiger partial charge >= 0.3 is 0 Å². The molecule has 1 aliphatic rings. The van der Waals surface area contributed by atoms with E-state index in [0.717, 1.165) is 36.2 Å². The molecule has 0 spiro atoms. The number of amides is 1. The van der Waals surface area contributed by atoms with Crippen LogP contribution >= 0.6 is 0 Å². The fourth-order valence-corrected chi connectivity index (χ4v) is 4.19. The fourth-order valence-electron chi connectivity index (χ4n) is 4.19. The van der Waals surface area contributed by atoms with E-state index in [0.29, 0.717) is 22.7 Å². The number of hydrogen-bond acceptors (Lipinski definition) is 6. The molecule has 1 amide bonds. The van der Waals surface area contributed by atoms with Gasteiger partial charge in [-0.15, -0.1) is 0 Å². The van der Waals surface area contributed by atoms with E-state index in [4.69, 9.17) is 9.72 Å². The summed E-state index contributed by atoms with van der Waals surface area (Å²) in [5.41, 5.74) is 2.95. The molecule has 4 aromatic rings. The normalized spacial score (nSPS) is 13.2. The summed E-state index contributed by atoms with van der Waals surface area (Å²) >= 11 is 0. The number of piperidine rings is 1. The van der Waals surface area contributed by atoms with Crippen molar-refractivity contribution in [1.82, 2.24) is 9.97 Å². The van der Waals surface area contributed by atoms with Crippen molar-refractivity contribution in [2.24, 2.45) is 0 Å². The summed E-state index contributed by atoms with van der Waals surface area (Å²) in [6, 6.07) is 26.1. The van der Waals surface area contributed by atoms with E-state index in [1.807, 2.05) is 79.7 Å². The van der Waals surface area contributed by atoms with Gasteiger partial charge < -0.3 is 20.3 Å². The quantitative estimate of drug-likeness (QED) is 0.312. The van der Waals surface area contributed by atoms with Crippen molar-refractivity contribution >= 4 is 29.0 Å². The van der Waals surface area contributed by atoms with Crippen molar-refractivity contribution in [3.8, 4) is 11.5 Å². The van der Waals surface area contributed by atoms with Gasteiger partial charge in [-0.3, -0.25) is 4.79 Å². The number of carbonyl (C=O) groups is 1. The van der Waals surface area contributed by atoms with Gasteiger partial charge in [0, 0.05) is 36.2 Å². The number of nitrogens with one attached hydrogen (secondary N) is 2. The van der Waals surface area contributed by atoms with Crippen molar-refractivity contribution in [1.29, 1.82) is 0 Å². The first-order chi connectivity index (χ1) is 17.6. The molecule has 1 saturated heterocycles. The van der Waals surface area contributed by atoms with Crippen LogP contribution in [0, 0.1) is 6.92 Å². The minimum absolute atomic E-state index is 0.236. The first kappa shape index (κ1) is 23.4. The highest BCUT2D eigenvalue weighted by atomic mass is 16.5. The average Bonchev–Trinajstić information content (AvgIpc) is 2.91. The third kappa shape index (κ3) is 5.81. The molecule has 0 radical (unpaired) electrons. The smallest absolute Gasteiger partial charge is 0.259 e. The van der Waals surface area contributed by atoms with Crippen LogP contribution in [0.1, 0.15) is 35.3 Å². The van der Waals surface area contributed by atoms with Gasteiger partial charge in [0.05, 0.1) is 5.56 Å². The fraction of sp³-hybridized carbons (Fsp3) is 0.207. The minimum atomic E-state index is -0.236. The Kier molecular flexibility index (Phi) is 7.07. The molecule has 2 heterocycles. The second kappa shape index (κ2) is 10.9. The van der Waals surface area contributed by atoms with Gasteiger partial charge in [-0.25, -0.2) is 4.98 Å². The molecule has 1 aromatic heterocycles. The highest BCUT2D eigenvalue weighted by Crippen LogP contribution is 2.27. The first-order valence-electron chi connectivity index (χ1n) is 12.2. The number of carbonyl (C=O) groups excluding carboxylic acids is 1. The topological polar surface area (TPSA) is 79.4 Å². The molecule has 182 valence electrons. The van der Waals surface area contributed by atoms with Crippen LogP contribution in [0.25, 0.3) is 0 Å². The lowest BCUT2D eigenvalue weighted by Crippen LogP contribution is -2.31. The molecule has 36 heavy (non-hydrogen) atoms. The summed E-state index contributed by atoms with van der Waals surface area (Å²) in [4.78, 5) is 24.6. The van der Waals surface area contributed by atoms with E-state index in [2.05, 4.69) is 20.5 Å². The van der Waals surface area contributed by atoms with E-state index in [1.54, 1.807) is 12.1 Å². The SMILES string of the molecule is Cc1cc(Nc2ccc(NC(=O)c3ccccc3Oc3ccccc3)cc2)nc(N2CCCCC2)n1. The molecule has 1 aliphatic heterocycles. The molecular formula is C29H29N5O2. The average molecular weight is 480 g/mol. The molecule has 0 unspecified atom stereocenters. The predicted octanol–water partition coefficient (Wildman–Crippen LogP) is 6.56. The van der Waals surface area contributed by atoms with Gasteiger partial charge in [0.1, 0.15) is 17.3 Å². The van der Waals surface area contributed by atoms with Gasteiger partial charge in [-0.05, 0) is 74.7 Å². The Labute approximate surface area is 211 Å². The van der Waals surface area contributed by atoms with Gasteiger partial charge in [-0.1, -0.05) is 30.3 Å². The Balaban J connectivity index is 1.26. The highest BCUT2D eigenvalue weighted by Gasteiger charge is 2.15. The summed E-state index contributed by atoms with van der Waals surface area (Å²) in [6.45, 7) is 3.98. The lowest BCUT2D eigenvalue weighted by molar-refractivity contribution is 0.102. The summed E-state index contributed by atoms with van der Waals surface area (Å²) in [7, 11) is 0. The molecule has 0 aliphatic carbocycles. The maximum absolute atomic E-state index is 13.0. The lowest BCUT2D eigenvalue weighted by atomic mass is 10.1. The highest BCUT2D eigenvalue weighted by molar-refractivity contribution is 6.06. The first-order valence-corrected chi connectivity index (χ1v) is 12.2. The van der Waals surface area contributed by atoms with Gasteiger partial charge in [0.15, 0.2) is 0 Å². The molecule has 0 atom stereocenters. The van der Waals surface area contributed by atoms with Crippen LogP contribution in [0.4, 0.5) is 23.1 Å². The lowest BCUT2D eigenvalue weighted by Gasteiger charge is -2.27. The zero-order valence-corrected chi connectivity index (χ0v) is 20.3. The van der Waals surface area contributed by atoms with Crippen LogP contribution in [0.5, 0.6) is 11.5 Å². The number of anilines is 4. The number of ether oxygens (including phenoxy) is 1. The summed E-state index contributed by atoms with van der Waals surface area (Å²) < 4.78 is 5.93. The maximum atomic E-state index is 13.0. The predicted molar refractivity (Wildman–Crippen MR) is 143 cm³/mol. The molecule has 0 saturated carbocycles. The molecular weight excluding hydrogens is 450 g/mol. The van der Waals surface area contributed by atoms with E-state index in [9.17, 15) is 4.79 Å². The number of hydrogen-bond donors (Lipinski definition) is 2. The zero-order chi connectivity index (χ0) is 24.7. The summed E-state index contributed by atoms with van der Waals surface area (Å²) in [5, 5.41) is 6.32. The Bertz CT molecular complexity index is 1320. The number of nitrogens with zero attached hydrogens (tertiary/aromatic N) is 3. The van der Waals surface area contributed by atoms with Crippen LogP contribution in [0.15, 0.2) is 84.9 Å². The van der Waals surface area contributed by atoms with Crippen LogP contribution in [0.3, 0.4) is 0 Å². The molecule has 0 bridgehead atoms. The second-order valence-corrected chi connectivity index (χ2v) is 8.81. The Hall–Kier alpha value is -4.39. The van der Waals surface area contributed by atoms with Crippen LogP contribution in [0.2, 0.25) is 0 Å². The maximum Gasteiger partial charge on any atom is 0.259 e. The molecule has 2 N–H and O–H groups in total. The van der Waals surface area contributed by atoms with Crippen molar-refractivity contribution < 1.29 is 9.53 Å². The second-order valence-electron chi connectivity index (χ2n) is 8.81. The van der Waals surface area contributed by atoms with Gasteiger partial charge in [0.25, 0.3) is 5.91 Å². The van der Waals surface area contributed by atoms with E-state index in [-0.39, 0.29) is 5.91 Å². The van der Waals surface area contributed by atoms with E-state index >= 15 is 0 Å². The molecule has 7 nitrogen and oxygen atoms in total. The molecule has 3 aromatic carbocycles. The van der Waals surface area contributed by atoms with Crippen LogP contribution in [-0.2, 0) is 0 Å². The summed E-state index contributed by atoms with van der Waals surface area (Å²) in [5.74, 6) is 2.48. The van der Waals surface area contributed by atoms with E-state index in [1.165, 1.54) is 19.3 Å². The molecule has 1 fully saturated rings. The number of aromatic nitrogens is 2. The van der Waals surface area contributed by atoms with Gasteiger partial charge in [0.2, 0.25) is 5.95 Å².